The van der Waals surface area contributed by atoms with Gasteiger partial charge in [0.25, 0.3) is 0 Å². The third-order valence-corrected chi connectivity index (χ3v) is 3.64. The van der Waals surface area contributed by atoms with E-state index >= 15 is 0 Å². The Bertz CT molecular complexity index is 353. The highest BCUT2D eigenvalue weighted by molar-refractivity contribution is 5.74. The molecule has 2 bridgehead atoms. The topological polar surface area (TPSA) is 61.8 Å². The summed E-state index contributed by atoms with van der Waals surface area (Å²) in [7, 11) is 0. The molecule has 3 heterocycles. The van der Waals surface area contributed by atoms with Crippen LogP contribution in [0.1, 0.15) is 19.3 Å². The van der Waals surface area contributed by atoms with Crippen LogP contribution in [0.15, 0.2) is 11.4 Å². The molecule has 2 unspecified atom stereocenters. The fourth-order valence-electron chi connectivity index (χ4n) is 2.72. The second-order valence-electron chi connectivity index (χ2n) is 4.69. The van der Waals surface area contributed by atoms with Crippen LogP contribution in [0.25, 0.3) is 0 Å². The van der Waals surface area contributed by atoms with Crippen molar-refractivity contribution in [1.29, 1.82) is 0 Å². The molecule has 0 aromatic heterocycles. The summed E-state index contributed by atoms with van der Waals surface area (Å²) in [5.41, 5.74) is 1.24. The molecule has 5 nitrogen and oxygen atoms in total. The van der Waals surface area contributed by atoms with Gasteiger partial charge in [-0.2, -0.15) is 0 Å². The normalized spacial score (nSPS) is 33.1. The summed E-state index contributed by atoms with van der Waals surface area (Å²) in [5.74, 6) is 0.270. The lowest BCUT2D eigenvalue weighted by Gasteiger charge is -2.36. The van der Waals surface area contributed by atoms with Crippen LogP contribution >= 0.6 is 0 Å². The van der Waals surface area contributed by atoms with Crippen molar-refractivity contribution in [3.05, 3.63) is 11.4 Å². The van der Waals surface area contributed by atoms with E-state index in [2.05, 4.69) is 10.2 Å². The Balaban J connectivity index is 1.86. The summed E-state index contributed by atoms with van der Waals surface area (Å²) in [5, 5.41) is 12.2. The number of carboxylic acid groups (broad SMARTS) is 1. The van der Waals surface area contributed by atoms with E-state index < -0.39 is 12.0 Å². The third-order valence-electron chi connectivity index (χ3n) is 3.64. The summed E-state index contributed by atoms with van der Waals surface area (Å²) in [4.78, 5) is 13.3. The molecule has 2 saturated heterocycles. The fraction of sp³-hybridized carbons (Fsp3) is 0.727. The lowest BCUT2D eigenvalue weighted by Crippen LogP contribution is -2.50. The minimum atomic E-state index is -0.757. The molecule has 2 atom stereocenters. The average molecular weight is 224 g/mol. The van der Waals surface area contributed by atoms with Crippen molar-refractivity contribution in [3.63, 3.8) is 0 Å². The van der Waals surface area contributed by atoms with E-state index in [0.29, 0.717) is 19.1 Å². The fourth-order valence-corrected chi connectivity index (χ4v) is 2.72. The largest absolute Gasteiger partial charge is 0.480 e. The molecule has 2 N–H and O–H groups in total. The number of aliphatic carboxylic acids is 1. The molecule has 0 aliphatic carbocycles. The summed E-state index contributed by atoms with van der Waals surface area (Å²) in [6.07, 6.45) is 3.04. The highest BCUT2D eigenvalue weighted by atomic mass is 16.5. The molecule has 3 aliphatic heterocycles. The minimum absolute atomic E-state index is 0.346. The number of nitrogens with one attached hydrogen (secondary N) is 1. The van der Waals surface area contributed by atoms with Crippen molar-refractivity contribution >= 4 is 5.97 Å². The van der Waals surface area contributed by atoms with Gasteiger partial charge in [-0.3, -0.25) is 0 Å². The molecule has 5 heteroatoms. The zero-order valence-corrected chi connectivity index (χ0v) is 9.11. The molecule has 0 saturated carbocycles. The first-order valence-corrected chi connectivity index (χ1v) is 5.82. The van der Waals surface area contributed by atoms with Gasteiger partial charge in [0.05, 0.1) is 12.7 Å². The molecule has 16 heavy (non-hydrogen) atoms. The maximum absolute atomic E-state index is 11.0. The van der Waals surface area contributed by atoms with Crippen LogP contribution in [0, 0.1) is 0 Å². The Morgan fingerprint density at radius 3 is 3.06 bits per heavy atom. The standard InChI is InChI=1S/C11H16N2O3/c14-11(15)9-2-4-13-3-1-8-5-7(6-16-8)10(13)12-9/h8-9,12H,1-6H2,(H,14,15). The lowest BCUT2D eigenvalue weighted by atomic mass is 10.1. The van der Waals surface area contributed by atoms with Gasteiger partial charge < -0.3 is 20.1 Å². The van der Waals surface area contributed by atoms with Crippen molar-refractivity contribution in [2.75, 3.05) is 19.7 Å². The number of fused-ring (bicyclic) bond motifs is 3. The number of ether oxygens (including phenoxy) is 1. The van der Waals surface area contributed by atoms with Crippen LogP contribution in [0.5, 0.6) is 0 Å². The SMILES string of the molecule is O=C(O)C1CCN2CCC3CC(=C2N1)CO3. The Labute approximate surface area is 94.1 Å². The van der Waals surface area contributed by atoms with Gasteiger partial charge in [-0.1, -0.05) is 0 Å². The van der Waals surface area contributed by atoms with Crippen molar-refractivity contribution in [3.8, 4) is 0 Å². The molecule has 3 rings (SSSR count). The quantitative estimate of drug-likeness (QED) is 0.663. The van der Waals surface area contributed by atoms with Crippen molar-refractivity contribution < 1.29 is 14.6 Å². The maximum Gasteiger partial charge on any atom is 0.326 e. The first kappa shape index (κ1) is 9.96. The van der Waals surface area contributed by atoms with Crippen molar-refractivity contribution in [2.45, 2.75) is 31.4 Å². The van der Waals surface area contributed by atoms with E-state index in [1.165, 1.54) is 5.57 Å². The monoisotopic (exact) mass is 224 g/mol. The molecule has 2 fully saturated rings. The maximum atomic E-state index is 11.0. The molecule has 3 aliphatic rings. The van der Waals surface area contributed by atoms with Crippen LogP contribution < -0.4 is 5.32 Å². The van der Waals surface area contributed by atoms with E-state index in [1.54, 1.807) is 0 Å². The number of nitrogens with zero attached hydrogens (tertiary/aromatic N) is 1. The third kappa shape index (κ3) is 1.55. The van der Waals surface area contributed by atoms with Gasteiger partial charge in [0.15, 0.2) is 0 Å². The lowest BCUT2D eigenvalue weighted by molar-refractivity contribution is -0.140. The van der Waals surface area contributed by atoms with Gasteiger partial charge >= 0.3 is 5.97 Å². The zero-order valence-electron chi connectivity index (χ0n) is 9.11. The van der Waals surface area contributed by atoms with E-state index in [1.807, 2.05) is 0 Å². The van der Waals surface area contributed by atoms with E-state index in [9.17, 15) is 4.79 Å². The van der Waals surface area contributed by atoms with Crippen LogP contribution in [0.3, 0.4) is 0 Å². The second kappa shape index (κ2) is 3.66. The highest BCUT2D eigenvalue weighted by Crippen LogP contribution is 2.30. The molecular formula is C11H16N2O3. The molecule has 0 spiro atoms. The molecule has 0 aromatic carbocycles. The number of carbonyl (C=O) groups is 1. The highest BCUT2D eigenvalue weighted by Gasteiger charge is 2.34. The average Bonchev–Trinajstić information content (AvgIpc) is 2.65. The van der Waals surface area contributed by atoms with Crippen molar-refractivity contribution in [1.82, 2.24) is 10.2 Å². The Morgan fingerprint density at radius 1 is 1.44 bits per heavy atom. The van der Waals surface area contributed by atoms with Gasteiger partial charge in [-0.25, -0.2) is 4.79 Å². The van der Waals surface area contributed by atoms with Crippen molar-refractivity contribution in [2.24, 2.45) is 0 Å². The van der Waals surface area contributed by atoms with Gasteiger partial charge in [0.2, 0.25) is 0 Å². The molecule has 0 aromatic rings. The molecule has 88 valence electrons. The Hall–Kier alpha value is -1.23. The smallest absolute Gasteiger partial charge is 0.326 e. The van der Waals surface area contributed by atoms with E-state index in [4.69, 9.17) is 9.84 Å². The molecular weight excluding hydrogens is 208 g/mol. The van der Waals surface area contributed by atoms with E-state index in [-0.39, 0.29) is 0 Å². The Morgan fingerprint density at radius 2 is 2.25 bits per heavy atom. The summed E-state index contributed by atoms with van der Waals surface area (Å²) in [6, 6.07) is -0.434. The zero-order chi connectivity index (χ0) is 11.1. The van der Waals surface area contributed by atoms with Crippen LogP contribution in [0.4, 0.5) is 0 Å². The van der Waals surface area contributed by atoms with Crippen LogP contribution in [-0.2, 0) is 9.53 Å². The molecule has 0 amide bonds. The summed E-state index contributed by atoms with van der Waals surface area (Å²) in [6.45, 7) is 2.48. The summed E-state index contributed by atoms with van der Waals surface area (Å²) >= 11 is 0. The first-order chi connectivity index (χ1) is 7.74. The molecule has 0 radical (unpaired) electrons. The van der Waals surface area contributed by atoms with Gasteiger partial charge in [0, 0.05) is 19.5 Å². The first-order valence-electron chi connectivity index (χ1n) is 5.82. The van der Waals surface area contributed by atoms with E-state index in [0.717, 1.165) is 31.8 Å². The minimum Gasteiger partial charge on any atom is -0.480 e. The predicted molar refractivity (Wildman–Crippen MR) is 56.7 cm³/mol. The van der Waals surface area contributed by atoms with Crippen LogP contribution in [0.2, 0.25) is 0 Å². The van der Waals surface area contributed by atoms with Crippen LogP contribution in [-0.4, -0.2) is 47.8 Å². The van der Waals surface area contributed by atoms with Gasteiger partial charge in [-0.15, -0.1) is 0 Å². The summed E-state index contributed by atoms with van der Waals surface area (Å²) < 4.78 is 5.63. The second-order valence-corrected chi connectivity index (χ2v) is 4.69. The number of hydrogen-bond acceptors (Lipinski definition) is 4. The number of hydrogen-bond donors (Lipinski definition) is 2. The van der Waals surface area contributed by atoms with Gasteiger partial charge in [-0.05, 0) is 18.4 Å². The number of rotatable bonds is 1. The predicted octanol–water partition coefficient (Wildman–Crippen LogP) is 0.139. The number of carboxylic acids is 1. The van der Waals surface area contributed by atoms with Gasteiger partial charge in [0.1, 0.15) is 11.9 Å². The Kier molecular flexibility index (Phi) is 2.28.